The van der Waals surface area contributed by atoms with E-state index in [2.05, 4.69) is 43.6 Å². The van der Waals surface area contributed by atoms with Gasteiger partial charge in [0.1, 0.15) is 0 Å². The molecule has 1 saturated carbocycles. The Balaban J connectivity index is 1.84. The van der Waals surface area contributed by atoms with Crippen LogP contribution in [0.3, 0.4) is 0 Å². The lowest BCUT2D eigenvalue weighted by molar-refractivity contribution is -0.0137. The van der Waals surface area contributed by atoms with Gasteiger partial charge in [0.25, 0.3) is 0 Å². The number of hydrogen-bond acceptors (Lipinski definition) is 3. The molecule has 1 atom stereocenters. The number of nitrogens with one attached hydrogen (secondary N) is 1. The summed E-state index contributed by atoms with van der Waals surface area (Å²) in [6, 6.07) is 5.52. The van der Waals surface area contributed by atoms with E-state index in [1.165, 1.54) is 17.7 Å². The third-order valence-electron chi connectivity index (χ3n) is 3.43. The molecule has 1 fully saturated rings. The Morgan fingerprint density at radius 3 is 2.76 bits per heavy atom. The van der Waals surface area contributed by atoms with Gasteiger partial charge in [0.2, 0.25) is 0 Å². The molecule has 1 aromatic heterocycles. The van der Waals surface area contributed by atoms with Crippen molar-refractivity contribution in [3.05, 3.63) is 22.4 Å². The first-order valence-corrected chi connectivity index (χ1v) is 7.49. The van der Waals surface area contributed by atoms with Gasteiger partial charge in [-0.25, -0.2) is 0 Å². The molecule has 96 valence electrons. The Bertz CT molecular complexity index is 317. The molecule has 0 aliphatic heterocycles. The van der Waals surface area contributed by atoms with Crippen molar-refractivity contribution in [2.45, 2.75) is 51.8 Å². The van der Waals surface area contributed by atoms with Gasteiger partial charge in [-0.1, -0.05) is 19.9 Å². The Kier molecular flexibility index (Phi) is 4.60. The van der Waals surface area contributed by atoms with Gasteiger partial charge in [0, 0.05) is 23.6 Å². The van der Waals surface area contributed by atoms with E-state index in [1.807, 2.05) is 11.3 Å². The molecule has 0 bridgehead atoms. The highest BCUT2D eigenvalue weighted by Gasteiger charge is 2.32. The summed E-state index contributed by atoms with van der Waals surface area (Å²) in [5.41, 5.74) is 0. The molecule has 0 saturated heterocycles. The Labute approximate surface area is 108 Å². The summed E-state index contributed by atoms with van der Waals surface area (Å²) in [5.74, 6) is 0.639. The summed E-state index contributed by atoms with van der Waals surface area (Å²) in [5, 5.41) is 5.94. The van der Waals surface area contributed by atoms with Crippen LogP contribution in [0.25, 0.3) is 0 Å². The lowest BCUT2D eigenvalue weighted by Crippen LogP contribution is -2.47. The SMILES string of the molecule is CCOC1CC(NC(c2cccs2)C(C)C)C1. The summed E-state index contributed by atoms with van der Waals surface area (Å²) in [4.78, 5) is 1.46. The minimum absolute atomic E-state index is 0.494. The largest absolute Gasteiger partial charge is 0.378 e. The first-order valence-electron chi connectivity index (χ1n) is 6.61. The van der Waals surface area contributed by atoms with Gasteiger partial charge in [-0.05, 0) is 37.1 Å². The quantitative estimate of drug-likeness (QED) is 0.836. The monoisotopic (exact) mass is 253 g/mol. The van der Waals surface area contributed by atoms with Crippen LogP contribution in [0.2, 0.25) is 0 Å². The van der Waals surface area contributed by atoms with E-state index in [0.717, 1.165) is 6.61 Å². The predicted octanol–water partition coefficient (Wildman–Crippen LogP) is 3.60. The van der Waals surface area contributed by atoms with Crippen molar-refractivity contribution in [2.24, 2.45) is 5.92 Å². The van der Waals surface area contributed by atoms with Crippen LogP contribution in [0.5, 0.6) is 0 Å². The van der Waals surface area contributed by atoms with Crippen LogP contribution in [0, 0.1) is 5.92 Å². The summed E-state index contributed by atoms with van der Waals surface area (Å²) in [6.45, 7) is 7.49. The van der Waals surface area contributed by atoms with Crippen LogP contribution in [0.1, 0.15) is 44.5 Å². The number of ether oxygens (including phenoxy) is 1. The summed E-state index contributed by atoms with van der Waals surface area (Å²) >= 11 is 1.85. The van der Waals surface area contributed by atoms with Crippen molar-refractivity contribution in [3.63, 3.8) is 0 Å². The minimum Gasteiger partial charge on any atom is -0.378 e. The predicted molar refractivity (Wildman–Crippen MR) is 73.5 cm³/mol. The number of rotatable bonds is 6. The summed E-state index contributed by atoms with van der Waals surface area (Å²) in [6.07, 6.45) is 2.83. The highest BCUT2D eigenvalue weighted by Crippen LogP contribution is 2.31. The van der Waals surface area contributed by atoms with Crippen LogP contribution in [0.4, 0.5) is 0 Å². The molecule has 1 heterocycles. The van der Waals surface area contributed by atoms with Gasteiger partial charge in [-0.3, -0.25) is 0 Å². The second kappa shape index (κ2) is 5.98. The zero-order valence-corrected chi connectivity index (χ0v) is 11.8. The molecule has 0 aromatic carbocycles. The van der Waals surface area contributed by atoms with E-state index in [1.54, 1.807) is 0 Å². The van der Waals surface area contributed by atoms with E-state index in [9.17, 15) is 0 Å². The van der Waals surface area contributed by atoms with Crippen molar-refractivity contribution in [3.8, 4) is 0 Å². The topological polar surface area (TPSA) is 21.3 Å². The second-order valence-corrected chi connectivity index (χ2v) is 6.13. The molecule has 1 aliphatic carbocycles. The zero-order valence-electron chi connectivity index (χ0n) is 11.0. The number of hydrogen-bond donors (Lipinski definition) is 1. The maximum atomic E-state index is 5.60. The van der Waals surface area contributed by atoms with E-state index in [0.29, 0.717) is 24.1 Å². The maximum Gasteiger partial charge on any atom is 0.0604 e. The molecule has 1 aliphatic rings. The molecular weight excluding hydrogens is 230 g/mol. The third kappa shape index (κ3) is 3.30. The normalized spacial score (nSPS) is 25.9. The van der Waals surface area contributed by atoms with Gasteiger partial charge in [0.05, 0.1) is 6.10 Å². The Morgan fingerprint density at radius 1 is 1.47 bits per heavy atom. The van der Waals surface area contributed by atoms with E-state index in [-0.39, 0.29) is 0 Å². The van der Waals surface area contributed by atoms with Crippen molar-refractivity contribution in [2.75, 3.05) is 6.61 Å². The lowest BCUT2D eigenvalue weighted by atomic mass is 9.87. The van der Waals surface area contributed by atoms with Gasteiger partial charge in [-0.15, -0.1) is 11.3 Å². The molecule has 3 heteroatoms. The Hall–Kier alpha value is -0.380. The molecule has 1 N–H and O–H groups in total. The number of thiophene rings is 1. The highest BCUT2D eigenvalue weighted by molar-refractivity contribution is 7.10. The molecular formula is C14H23NOS. The molecule has 1 unspecified atom stereocenters. The van der Waals surface area contributed by atoms with Crippen LogP contribution in [0.15, 0.2) is 17.5 Å². The molecule has 1 aromatic rings. The smallest absolute Gasteiger partial charge is 0.0604 e. The van der Waals surface area contributed by atoms with Crippen LogP contribution in [-0.2, 0) is 4.74 Å². The fraction of sp³-hybridized carbons (Fsp3) is 0.714. The second-order valence-electron chi connectivity index (χ2n) is 5.15. The van der Waals surface area contributed by atoms with Crippen LogP contribution in [-0.4, -0.2) is 18.8 Å². The van der Waals surface area contributed by atoms with Gasteiger partial charge in [0.15, 0.2) is 0 Å². The van der Waals surface area contributed by atoms with E-state index < -0.39 is 0 Å². The third-order valence-corrected chi connectivity index (χ3v) is 4.38. The van der Waals surface area contributed by atoms with Gasteiger partial charge in [-0.2, -0.15) is 0 Å². The molecule has 0 amide bonds. The van der Waals surface area contributed by atoms with Crippen molar-refractivity contribution in [1.29, 1.82) is 0 Å². The lowest BCUT2D eigenvalue weighted by Gasteiger charge is -2.38. The molecule has 2 nitrogen and oxygen atoms in total. The van der Waals surface area contributed by atoms with Gasteiger partial charge < -0.3 is 10.1 Å². The molecule has 0 radical (unpaired) electrons. The highest BCUT2D eigenvalue weighted by atomic mass is 32.1. The fourth-order valence-electron chi connectivity index (χ4n) is 2.40. The van der Waals surface area contributed by atoms with Crippen LogP contribution < -0.4 is 5.32 Å². The standard InChI is InChI=1S/C14H23NOS/c1-4-16-12-8-11(9-12)15-14(10(2)3)13-6-5-7-17-13/h5-7,10-12,14-15H,4,8-9H2,1-3H3. The molecule has 0 spiro atoms. The van der Waals surface area contributed by atoms with Crippen molar-refractivity contribution < 1.29 is 4.74 Å². The van der Waals surface area contributed by atoms with E-state index in [4.69, 9.17) is 4.74 Å². The average Bonchev–Trinajstić information content (AvgIpc) is 2.73. The Morgan fingerprint density at radius 2 is 2.24 bits per heavy atom. The van der Waals surface area contributed by atoms with Crippen molar-refractivity contribution in [1.82, 2.24) is 5.32 Å². The van der Waals surface area contributed by atoms with Crippen LogP contribution >= 0.6 is 11.3 Å². The molecule has 2 rings (SSSR count). The molecule has 17 heavy (non-hydrogen) atoms. The zero-order chi connectivity index (χ0) is 12.3. The maximum absolute atomic E-state index is 5.60. The average molecular weight is 253 g/mol. The van der Waals surface area contributed by atoms with Gasteiger partial charge >= 0.3 is 0 Å². The summed E-state index contributed by atoms with van der Waals surface area (Å²) in [7, 11) is 0. The first-order chi connectivity index (χ1) is 8.20. The summed E-state index contributed by atoms with van der Waals surface area (Å²) < 4.78 is 5.60. The minimum atomic E-state index is 0.494. The fourth-order valence-corrected chi connectivity index (χ4v) is 3.36. The van der Waals surface area contributed by atoms with E-state index >= 15 is 0 Å². The first kappa shape index (κ1) is 13.1. The van der Waals surface area contributed by atoms with Crippen molar-refractivity contribution >= 4 is 11.3 Å².